The molecule has 2 aromatic carbocycles. The summed E-state index contributed by atoms with van der Waals surface area (Å²) >= 11 is 0. The highest BCUT2D eigenvalue weighted by atomic mass is 16.2. The Balaban J connectivity index is 1.87. The third-order valence-electron chi connectivity index (χ3n) is 4.67. The maximum atomic E-state index is 13.1. The van der Waals surface area contributed by atoms with Gasteiger partial charge in [-0.2, -0.15) is 4.68 Å². The van der Waals surface area contributed by atoms with Gasteiger partial charge in [-0.3, -0.25) is 25.1 Å². The Morgan fingerprint density at radius 2 is 1.48 bits per heavy atom. The molecule has 122 valence electrons. The number of anilines is 1. The van der Waals surface area contributed by atoms with E-state index in [2.05, 4.69) is 20.9 Å². The zero-order valence-electron chi connectivity index (χ0n) is 12.7. The van der Waals surface area contributed by atoms with Crippen LogP contribution in [0, 0.1) is 0 Å². The molecule has 1 aliphatic carbocycles. The number of nitrogens with zero attached hydrogens (tertiary/aromatic N) is 2. The van der Waals surface area contributed by atoms with Gasteiger partial charge in [0.25, 0.3) is 5.91 Å². The molecule has 0 saturated carbocycles. The van der Waals surface area contributed by atoms with Crippen molar-refractivity contribution in [1.82, 2.24) is 14.9 Å². The van der Waals surface area contributed by atoms with Crippen LogP contribution in [0.1, 0.15) is 11.1 Å². The lowest BCUT2D eigenvalue weighted by Gasteiger charge is -2.36. The minimum Gasteiger partial charge on any atom is -0.295 e. The summed E-state index contributed by atoms with van der Waals surface area (Å²) in [5.74, 6) is -0.425. The minimum atomic E-state index is -1.31. The first kappa shape index (κ1) is 13.7. The minimum absolute atomic E-state index is 0.0536. The molecule has 25 heavy (non-hydrogen) atoms. The summed E-state index contributed by atoms with van der Waals surface area (Å²) in [7, 11) is 0. The Labute approximate surface area is 140 Å². The van der Waals surface area contributed by atoms with Crippen LogP contribution in [0.2, 0.25) is 0 Å². The molecule has 2 aliphatic rings. The second-order valence-corrected chi connectivity index (χ2v) is 5.92. The Morgan fingerprint density at radius 1 is 0.880 bits per heavy atom. The van der Waals surface area contributed by atoms with Gasteiger partial charge in [0.15, 0.2) is 5.54 Å². The molecule has 0 fully saturated rings. The van der Waals surface area contributed by atoms with E-state index in [0.717, 1.165) is 15.8 Å². The zero-order chi connectivity index (χ0) is 17.2. The molecule has 5 rings (SSSR count). The number of H-pyrrole nitrogens is 1. The number of aromatic nitrogens is 3. The van der Waals surface area contributed by atoms with Crippen molar-refractivity contribution in [2.45, 2.75) is 5.54 Å². The van der Waals surface area contributed by atoms with Crippen LogP contribution in [0.4, 0.5) is 5.95 Å². The number of carbonyl (C=O) groups excluding carboxylic acids is 1. The van der Waals surface area contributed by atoms with Gasteiger partial charge in [0, 0.05) is 11.1 Å². The Hall–Kier alpha value is -3.68. The van der Waals surface area contributed by atoms with E-state index < -0.39 is 16.7 Å². The van der Waals surface area contributed by atoms with Gasteiger partial charge in [0.05, 0.1) is 0 Å². The van der Waals surface area contributed by atoms with Crippen LogP contribution in [-0.4, -0.2) is 20.8 Å². The number of hydrogen-bond acceptors (Lipinski definition) is 5. The second-order valence-electron chi connectivity index (χ2n) is 5.92. The highest BCUT2D eigenvalue weighted by Gasteiger charge is 2.52. The molecule has 0 saturated heterocycles. The van der Waals surface area contributed by atoms with Crippen LogP contribution in [-0.2, 0) is 10.3 Å². The Morgan fingerprint density at radius 3 is 2.12 bits per heavy atom. The molecular weight excluding hydrogens is 322 g/mol. The molecule has 2 heterocycles. The normalized spacial score (nSPS) is 15.8. The smallest absolute Gasteiger partial charge is 0.295 e. The van der Waals surface area contributed by atoms with Gasteiger partial charge >= 0.3 is 11.1 Å². The van der Waals surface area contributed by atoms with Gasteiger partial charge in [-0.1, -0.05) is 48.5 Å². The lowest BCUT2D eigenvalue weighted by Crippen LogP contribution is -2.59. The van der Waals surface area contributed by atoms with E-state index in [1.807, 2.05) is 48.5 Å². The maximum absolute atomic E-state index is 13.1. The molecule has 3 aromatic rings. The summed E-state index contributed by atoms with van der Waals surface area (Å²) in [5, 5.41) is 8.42. The van der Waals surface area contributed by atoms with Crippen LogP contribution in [0.3, 0.4) is 0 Å². The van der Waals surface area contributed by atoms with Crippen molar-refractivity contribution >= 4 is 11.9 Å². The Bertz CT molecular complexity index is 1130. The number of aromatic amines is 1. The number of nitrogens with one attached hydrogen (secondary N) is 3. The van der Waals surface area contributed by atoms with Crippen LogP contribution in [0.25, 0.3) is 11.1 Å². The largest absolute Gasteiger partial charge is 0.339 e. The van der Waals surface area contributed by atoms with Crippen LogP contribution in [0.15, 0.2) is 58.1 Å². The summed E-state index contributed by atoms with van der Waals surface area (Å²) in [6.45, 7) is 0. The topological polar surface area (TPSA) is 109 Å². The molecule has 8 nitrogen and oxygen atoms in total. The molecule has 1 aromatic heterocycles. The SMILES string of the molecule is O=C1Nc2n[nH]c(=O)c(=O)n2NC12c1ccccc1-c1ccccc12. The zero-order valence-corrected chi connectivity index (χ0v) is 12.7. The Kier molecular flexibility index (Phi) is 2.44. The first-order valence-electron chi connectivity index (χ1n) is 7.64. The van der Waals surface area contributed by atoms with E-state index >= 15 is 0 Å². The maximum Gasteiger partial charge on any atom is 0.339 e. The lowest BCUT2D eigenvalue weighted by atomic mass is 9.86. The number of fused-ring (bicyclic) bond motifs is 6. The van der Waals surface area contributed by atoms with Gasteiger partial charge in [0.1, 0.15) is 0 Å². The third kappa shape index (κ3) is 1.55. The molecule has 1 spiro atoms. The van der Waals surface area contributed by atoms with Crippen molar-refractivity contribution in [1.29, 1.82) is 0 Å². The third-order valence-corrected chi connectivity index (χ3v) is 4.67. The van der Waals surface area contributed by atoms with Gasteiger partial charge in [-0.05, 0) is 11.1 Å². The van der Waals surface area contributed by atoms with E-state index in [-0.39, 0.29) is 11.9 Å². The van der Waals surface area contributed by atoms with Gasteiger partial charge < -0.3 is 0 Å². The number of benzene rings is 2. The number of amides is 1. The van der Waals surface area contributed by atoms with Gasteiger partial charge in [0.2, 0.25) is 5.95 Å². The molecule has 3 N–H and O–H groups in total. The predicted octanol–water partition coefficient (Wildman–Crippen LogP) is 0.351. The van der Waals surface area contributed by atoms with Crippen LogP contribution < -0.4 is 21.9 Å². The first-order chi connectivity index (χ1) is 12.1. The fraction of sp³-hybridized carbons (Fsp3) is 0.0588. The summed E-state index contributed by atoms with van der Waals surface area (Å²) in [4.78, 5) is 37.0. The van der Waals surface area contributed by atoms with E-state index in [0.29, 0.717) is 11.1 Å². The first-order valence-corrected chi connectivity index (χ1v) is 7.64. The quantitative estimate of drug-likeness (QED) is 0.515. The summed E-state index contributed by atoms with van der Waals surface area (Å²) in [6, 6.07) is 14.9. The molecular formula is C17H11N5O3. The van der Waals surface area contributed by atoms with Crippen molar-refractivity contribution in [3.8, 4) is 11.1 Å². The lowest BCUT2D eigenvalue weighted by molar-refractivity contribution is -0.120. The predicted molar refractivity (Wildman–Crippen MR) is 89.8 cm³/mol. The second kappa shape index (κ2) is 4.44. The standard InChI is InChI=1S/C17H11N5O3/c23-13-14(24)22-16(20-19-13)18-15(25)17(21-22)11-7-3-1-5-9(11)10-6-2-4-8-12(10)17/h1-8,21H,(H,19,23)(H,18,20,25). The van der Waals surface area contributed by atoms with Gasteiger partial charge in [-0.25, -0.2) is 5.10 Å². The summed E-state index contributed by atoms with van der Waals surface area (Å²) in [6.07, 6.45) is 0. The number of carbonyl (C=O) groups is 1. The van der Waals surface area contributed by atoms with Crippen molar-refractivity contribution in [3.05, 3.63) is 80.4 Å². The van der Waals surface area contributed by atoms with E-state index in [1.165, 1.54) is 0 Å². The van der Waals surface area contributed by atoms with Crippen LogP contribution in [0.5, 0.6) is 0 Å². The fourth-order valence-corrected chi connectivity index (χ4v) is 3.60. The average molecular weight is 333 g/mol. The number of hydrogen-bond donors (Lipinski definition) is 3. The van der Waals surface area contributed by atoms with E-state index in [1.54, 1.807) is 0 Å². The summed E-state index contributed by atoms with van der Waals surface area (Å²) in [5.41, 5.74) is 3.16. The highest BCUT2D eigenvalue weighted by Crippen LogP contribution is 2.49. The van der Waals surface area contributed by atoms with Crippen LogP contribution >= 0.6 is 0 Å². The molecule has 0 unspecified atom stereocenters. The number of rotatable bonds is 0. The van der Waals surface area contributed by atoms with Crippen molar-refractivity contribution < 1.29 is 4.79 Å². The average Bonchev–Trinajstić information content (AvgIpc) is 2.92. The monoisotopic (exact) mass is 333 g/mol. The van der Waals surface area contributed by atoms with Gasteiger partial charge in [-0.15, -0.1) is 5.10 Å². The van der Waals surface area contributed by atoms with Crippen molar-refractivity contribution in [2.24, 2.45) is 0 Å². The van der Waals surface area contributed by atoms with Crippen molar-refractivity contribution in [3.63, 3.8) is 0 Å². The molecule has 1 amide bonds. The molecule has 8 heteroatoms. The highest BCUT2D eigenvalue weighted by molar-refractivity contribution is 6.08. The molecule has 0 atom stereocenters. The summed E-state index contributed by atoms with van der Waals surface area (Å²) < 4.78 is 0.985. The van der Waals surface area contributed by atoms with E-state index in [9.17, 15) is 14.4 Å². The molecule has 0 radical (unpaired) electrons. The fourth-order valence-electron chi connectivity index (χ4n) is 3.60. The van der Waals surface area contributed by atoms with Crippen molar-refractivity contribution in [2.75, 3.05) is 10.7 Å². The van der Waals surface area contributed by atoms with E-state index in [4.69, 9.17) is 0 Å². The molecule has 0 bridgehead atoms. The molecule has 1 aliphatic heterocycles.